The number of Topliss-reactive ketones (excluding diaryl/α,β-unsaturated/α-hetero) is 1. The van der Waals surface area contributed by atoms with Gasteiger partial charge >= 0.3 is 12.0 Å². The number of nitrogens with zero attached hydrogens (tertiary/aromatic N) is 1. The van der Waals surface area contributed by atoms with Gasteiger partial charge in [0.1, 0.15) is 17.6 Å². The Morgan fingerprint density at radius 1 is 1.02 bits per heavy atom. The largest absolute Gasteiger partial charge is 0.480 e. The molecular weight excluding hydrogens is 518 g/mol. The Labute approximate surface area is 235 Å². The van der Waals surface area contributed by atoms with Gasteiger partial charge in [-0.05, 0) is 47.8 Å². The van der Waals surface area contributed by atoms with Crippen LogP contribution in [0.2, 0.25) is 0 Å². The second-order valence-electron chi connectivity index (χ2n) is 13.9. The van der Waals surface area contributed by atoms with E-state index in [1.807, 2.05) is 13.8 Å². The number of carboxylic acids is 1. The zero-order valence-corrected chi connectivity index (χ0v) is 24.8. The van der Waals surface area contributed by atoms with E-state index >= 15 is 0 Å². The van der Waals surface area contributed by atoms with Crippen molar-refractivity contribution in [1.82, 2.24) is 20.9 Å². The van der Waals surface area contributed by atoms with E-state index < -0.39 is 70.5 Å². The maximum atomic E-state index is 14.0. The number of primary amides is 1. The number of piperidine rings is 1. The SMILES string of the molecule is CC(C)[C@@](C)(NC(=O)NC(C(=O)N1C[C@H]2C([C@H]1C(=O)NC(CC1CC1)C(=O)C(N)=O)C2(C)C)C(C)(C)C)C(=O)O. The summed E-state index contributed by atoms with van der Waals surface area (Å²) in [5.74, 6) is -4.51. The van der Waals surface area contributed by atoms with Crippen molar-refractivity contribution < 1.29 is 33.9 Å². The van der Waals surface area contributed by atoms with Crippen LogP contribution in [-0.2, 0) is 24.0 Å². The number of rotatable bonds is 11. The van der Waals surface area contributed by atoms with Crippen molar-refractivity contribution in [3.63, 3.8) is 0 Å². The molecule has 1 aliphatic heterocycles. The first-order valence-corrected chi connectivity index (χ1v) is 14.0. The second kappa shape index (κ2) is 10.7. The van der Waals surface area contributed by atoms with Gasteiger partial charge in [0.05, 0.1) is 6.04 Å². The Morgan fingerprint density at radius 2 is 1.60 bits per heavy atom. The molecule has 40 heavy (non-hydrogen) atoms. The smallest absolute Gasteiger partial charge is 0.329 e. The molecule has 3 unspecified atom stereocenters. The fourth-order valence-electron chi connectivity index (χ4n) is 5.82. The summed E-state index contributed by atoms with van der Waals surface area (Å²) in [4.78, 5) is 78.2. The molecule has 12 nitrogen and oxygen atoms in total. The average molecular weight is 564 g/mol. The summed E-state index contributed by atoms with van der Waals surface area (Å²) in [6, 6.07) is -3.84. The monoisotopic (exact) mass is 563 g/mol. The molecule has 12 heteroatoms. The molecule has 2 saturated carbocycles. The summed E-state index contributed by atoms with van der Waals surface area (Å²) in [6.45, 7) is 14.4. The number of likely N-dealkylation sites (tertiary alicyclic amines) is 1. The average Bonchev–Trinajstić information content (AvgIpc) is 3.67. The third-order valence-electron chi connectivity index (χ3n) is 9.26. The Morgan fingerprint density at radius 3 is 2.05 bits per heavy atom. The number of aliphatic carboxylic acids is 1. The molecule has 3 aliphatic rings. The van der Waals surface area contributed by atoms with Crippen LogP contribution in [0.25, 0.3) is 0 Å². The highest BCUT2D eigenvalue weighted by atomic mass is 16.4. The van der Waals surface area contributed by atoms with Gasteiger partial charge in [-0.1, -0.05) is 61.3 Å². The molecule has 0 bridgehead atoms. The molecule has 5 amide bonds. The van der Waals surface area contributed by atoms with Gasteiger partial charge in [0.25, 0.3) is 5.91 Å². The van der Waals surface area contributed by atoms with Crippen LogP contribution in [0.15, 0.2) is 0 Å². The molecule has 6 atom stereocenters. The van der Waals surface area contributed by atoms with Crippen molar-refractivity contribution in [2.24, 2.45) is 40.2 Å². The van der Waals surface area contributed by atoms with Crippen molar-refractivity contribution in [1.29, 1.82) is 0 Å². The van der Waals surface area contributed by atoms with Gasteiger partial charge in [0.15, 0.2) is 0 Å². The Bertz CT molecular complexity index is 1090. The zero-order chi connectivity index (χ0) is 30.5. The molecule has 0 spiro atoms. The summed E-state index contributed by atoms with van der Waals surface area (Å²) >= 11 is 0. The van der Waals surface area contributed by atoms with Gasteiger partial charge in [-0.2, -0.15) is 0 Å². The second-order valence-corrected chi connectivity index (χ2v) is 13.9. The topological polar surface area (TPSA) is 188 Å². The number of fused-ring (bicyclic) bond motifs is 1. The number of carbonyl (C=O) groups is 6. The predicted molar refractivity (Wildman–Crippen MR) is 146 cm³/mol. The van der Waals surface area contributed by atoms with Gasteiger partial charge < -0.3 is 31.7 Å². The first-order chi connectivity index (χ1) is 18.2. The van der Waals surface area contributed by atoms with Crippen LogP contribution >= 0.6 is 0 Å². The zero-order valence-electron chi connectivity index (χ0n) is 24.8. The first kappa shape index (κ1) is 31.3. The Hall–Kier alpha value is -3.18. The van der Waals surface area contributed by atoms with Gasteiger partial charge in [-0.25, -0.2) is 9.59 Å². The normalized spacial score (nSPS) is 26.1. The van der Waals surface area contributed by atoms with Crippen LogP contribution in [0.3, 0.4) is 0 Å². The molecule has 1 heterocycles. The number of urea groups is 1. The van der Waals surface area contributed by atoms with Crippen molar-refractivity contribution in [3.8, 4) is 0 Å². The number of hydrogen-bond donors (Lipinski definition) is 5. The first-order valence-electron chi connectivity index (χ1n) is 14.0. The number of nitrogens with one attached hydrogen (secondary N) is 3. The molecule has 3 rings (SSSR count). The van der Waals surface area contributed by atoms with E-state index in [2.05, 4.69) is 16.0 Å². The predicted octanol–water partition coefficient (Wildman–Crippen LogP) is 1.02. The number of ketones is 1. The number of carbonyl (C=O) groups excluding carboxylic acids is 5. The van der Waals surface area contributed by atoms with Crippen molar-refractivity contribution in [2.75, 3.05) is 6.54 Å². The van der Waals surface area contributed by atoms with Crippen LogP contribution in [0.5, 0.6) is 0 Å². The summed E-state index contributed by atoms with van der Waals surface area (Å²) in [5, 5.41) is 17.6. The van der Waals surface area contributed by atoms with Gasteiger partial charge in [0.2, 0.25) is 17.6 Å². The standard InChI is InChI=1S/C28H45N5O7/c1-13(2)28(8,24(38)39)32-25(40)31-20(26(3,4)5)23(37)33-12-15-17(27(15,6)7)18(33)22(36)30-16(11-14-9-10-14)19(34)21(29)35/h13-18,20H,9-12H2,1-8H3,(H2,29,35)(H,30,36)(H,38,39)(H2,31,32,40)/t15-,16?,17?,18-,20?,28+/m0/s1. The minimum absolute atomic E-state index is 0.0478. The van der Waals surface area contributed by atoms with Crippen LogP contribution in [0.1, 0.15) is 74.7 Å². The molecule has 0 aromatic carbocycles. The van der Waals surface area contributed by atoms with E-state index in [0.29, 0.717) is 13.0 Å². The molecule has 6 N–H and O–H groups in total. The molecule has 0 radical (unpaired) electrons. The van der Waals surface area contributed by atoms with Crippen molar-refractivity contribution in [2.45, 2.75) is 98.3 Å². The summed E-state index contributed by atoms with van der Waals surface area (Å²) in [6.07, 6.45) is 2.13. The van der Waals surface area contributed by atoms with Gasteiger partial charge in [-0.3, -0.25) is 19.2 Å². The van der Waals surface area contributed by atoms with Gasteiger partial charge in [-0.15, -0.1) is 0 Å². The fourth-order valence-corrected chi connectivity index (χ4v) is 5.82. The van der Waals surface area contributed by atoms with Crippen molar-refractivity contribution >= 4 is 35.5 Å². The summed E-state index contributed by atoms with van der Waals surface area (Å²) in [7, 11) is 0. The lowest BCUT2D eigenvalue weighted by Gasteiger charge is -2.38. The lowest BCUT2D eigenvalue weighted by atomic mass is 9.85. The number of carboxylic acid groups (broad SMARTS) is 1. The van der Waals surface area contributed by atoms with Crippen LogP contribution in [0, 0.1) is 34.5 Å². The van der Waals surface area contributed by atoms with Crippen LogP contribution in [-0.4, -0.2) is 75.7 Å². The maximum absolute atomic E-state index is 14.0. The maximum Gasteiger partial charge on any atom is 0.329 e. The molecule has 1 saturated heterocycles. The quantitative estimate of drug-likeness (QED) is 0.232. The van der Waals surface area contributed by atoms with E-state index in [4.69, 9.17) is 5.73 Å². The third kappa shape index (κ3) is 6.10. The Balaban J connectivity index is 1.84. The Kier molecular flexibility index (Phi) is 8.36. The fraction of sp³-hybridized carbons (Fsp3) is 0.786. The highest BCUT2D eigenvalue weighted by Crippen LogP contribution is 2.65. The highest BCUT2D eigenvalue weighted by molar-refractivity contribution is 6.37. The number of amides is 5. The molecular formula is C28H45N5O7. The van der Waals surface area contributed by atoms with E-state index in [9.17, 15) is 33.9 Å². The number of hydrogen-bond acceptors (Lipinski definition) is 6. The van der Waals surface area contributed by atoms with Gasteiger partial charge in [0, 0.05) is 6.54 Å². The molecule has 0 aromatic heterocycles. The molecule has 2 aliphatic carbocycles. The minimum atomic E-state index is -1.57. The molecule has 3 fully saturated rings. The van der Waals surface area contributed by atoms with Crippen molar-refractivity contribution in [3.05, 3.63) is 0 Å². The van der Waals surface area contributed by atoms with E-state index in [0.717, 1.165) is 12.8 Å². The van der Waals surface area contributed by atoms with E-state index in [1.54, 1.807) is 34.6 Å². The van der Waals surface area contributed by atoms with E-state index in [1.165, 1.54) is 11.8 Å². The third-order valence-corrected chi connectivity index (χ3v) is 9.26. The van der Waals surface area contributed by atoms with E-state index in [-0.39, 0.29) is 23.2 Å². The lowest BCUT2D eigenvalue weighted by Crippen LogP contribution is -2.64. The molecule has 0 aromatic rings. The summed E-state index contributed by atoms with van der Waals surface area (Å²) < 4.78 is 0. The highest BCUT2D eigenvalue weighted by Gasteiger charge is 2.70. The van der Waals surface area contributed by atoms with Crippen LogP contribution < -0.4 is 21.7 Å². The summed E-state index contributed by atoms with van der Waals surface area (Å²) in [5.41, 5.74) is 2.68. The molecule has 224 valence electrons. The lowest BCUT2D eigenvalue weighted by molar-refractivity contribution is -0.145. The number of nitrogens with two attached hydrogens (primary N) is 1. The minimum Gasteiger partial charge on any atom is -0.480 e. The van der Waals surface area contributed by atoms with Crippen LogP contribution in [0.4, 0.5) is 4.79 Å².